The Bertz CT molecular complexity index is 1440. The Labute approximate surface area is 187 Å². The smallest absolute Gasteiger partial charge is 0.290 e. The average Bonchev–Trinajstić information content (AvgIpc) is 3.21. The maximum atomic E-state index is 12.8. The fourth-order valence-corrected chi connectivity index (χ4v) is 3.71. The fourth-order valence-electron chi connectivity index (χ4n) is 3.71. The summed E-state index contributed by atoms with van der Waals surface area (Å²) in [6.07, 6.45) is 2.00. The highest BCUT2D eigenvalue weighted by Gasteiger charge is 2.23. The number of hydrazine groups is 1. The molecule has 1 atom stereocenters. The van der Waals surface area contributed by atoms with Crippen LogP contribution in [0.3, 0.4) is 0 Å². The Balaban J connectivity index is 1.53. The van der Waals surface area contributed by atoms with Crippen molar-refractivity contribution in [1.82, 2.24) is 30.9 Å². The van der Waals surface area contributed by atoms with Gasteiger partial charge in [0.25, 0.3) is 17.4 Å². The van der Waals surface area contributed by atoms with E-state index in [0.717, 1.165) is 21.1 Å². The predicted molar refractivity (Wildman–Crippen MR) is 122 cm³/mol. The van der Waals surface area contributed by atoms with Gasteiger partial charge >= 0.3 is 0 Å². The second-order valence-corrected chi connectivity index (χ2v) is 7.58. The second kappa shape index (κ2) is 8.95. The van der Waals surface area contributed by atoms with E-state index in [9.17, 15) is 19.2 Å². The molecular formula is C23H22N6O4. The van der Waals surface area contributed by atoms with Crippen LogP contribution in [0.5, 0.6) is 0 Å². The van der Waals surface area contributed by atoms with Crippen molar-refractivity contribution in [2.24, 2.45) is 7.05 Å². The molecule has 3 amide bonds. The van der Waals surface area contributed by atoms with Gasteiger partial charge in [-0.1, -0.05) is 36.4 Å². The molecule has 4 rings (SSSR count). The van der Waals surface area contributed by atoms with Crippen LogP contribution >= 0.6 is 0 Å². The van der Waals surface area contributed by atoms with Gasteiger partial charge in [0.05, 0.1) is 5.39 Å². The van der Waals surface area contributed by atoms with E-state index in [1.807, 2.05) is 24.3 Å². The Morgan fingerprint density at radius 3 is 2.39 bits per heavy atom. The number of aromatic nitrogens is 3. The molecule has 0 radical (unpaired) electrons. The summed E-state index contributed by atoms with van der Waals surface area (Å²) in [6, 6.07) is 13.3. The average molecular weight is 446 g/mol. The normalized spacial score (nSPS) is 11.8. The van der Waals surface area contributed by atoms with Gasteiger partial charge in [0.1, 0.15) is 6.04 Å². The molecule has 4 N–H and O–H groups in total. The molecule has 10 heteroatoms. The second-order valence-electron chi connectivity index (χ2n) is 7.58. The van der Waals surface area contributed by atoms with Crippen LogP contribution < -0.4 is 21.7 Å². The van der Waals surface area contributed by atoms with E-state index in [4.69, 9.17) is 0 Å². The SMILES string of the molecule is CC(=O)NC(Cc1c[nH]c2ccccc12)C(=O)NNC(=O)c1nn(C)c(=O)c2ccccc12. The first-order valence-corrected chi connectivity index (χ1v) is 10.2. The monoisotopic (exact) mass is 446 g/mol. The lowest BCUT2D eigenvalue weighted by Crippen LogP contribution is -2.53. The zero-order chi connectivity index (χ0) is 23.5. The first kappa shape index (κ1) is 21.8. The van der Waals surface area contributed by atoms with Gasteiger partial charge in [-0.15, -0.1) is 0 Å². The number of aryl methyl sites for hydroxylation is 1. The van der Waals surface area contributed by atoms with Crippen LogP contribution in [0.1, 0.15) is 23.0 Å². The number of nitrogens with one attached hydrogen (secondary N) is 4. The van der Waals surface area contributed by atoms with Crippen LogP contribution in [0.25, 0.3) is 21.7 Å². The standard InChI is InChI=1S/C23H22N6O4/c1-13(30)25-19(11-14-12-24-18-10-6-5-7-15(14)18)21(31)26-27-22(32)20-16-8-3-4-9-17(16)23(33)29(2)28-20/h3-10,12,19,24H,11H2,1-2H3,(H,25,30)(H,26,31)(H,27,32). The molecule has 0 bridgehead atoms. The minimum Gasteiger partial charge on any atom is -0.361 e. The highest BCUT2D eigenvalue weighted by Crippen LogP contribution is 2.19. The van der Waals surface area contributed by atoms with Gasteiger partial charge in [-0.25, -0.2) is 4.68 Å². The van der Waals surface area contributed by atoms with E-state index >= 15 is 0 Å². The van der Waals surface area contributed by atoms with Crippen molar-refractivity contribution in [3.8, 4) is 0 Å². The van der Waals surface area contributed by atoms with Crippen molar-refractivity contribution in [2.45, 2.75) is 19.4 Å². The summed E-state index contributed by atoms with van der Waals surface area (Å²) in [6.45, 7) is 1.31. The van der Waals surface area contributed by atoms with Gasteiger partial charge in [0.15, 0.2) is 5.69 Å². The van der Waals surface area contributed by atoms with Crippen LogP contribution in [0, 0.1) is 0 Å². The quantitative estimate of drug-likeness (QED) is 0.338. The van der Waals surface area contributed by atoms with E-state index in [1.165, 1.54) is 14.0 Å². The predicted octanol–water partition coefficient (Wildman–Crippen LogP) is 0.923. The van der Waals surface area contributed by atoms with Crippen LogP contribution in [0.2, 0.25) is 0 Å². The number of aromatic amines is 1. The van der Waals surface area contributed by atoms with Crippen molar-refractivity contribution in [3.63, 3.8) is 0 Å². The number of hydrogen-bond acceptors (Lipinski definition) is 5. The molecule has 0 aliphatic heterocycles. The summed E-state index contributed by atoms with van der Waals surface area (Å²) in [4.78, 5) is 52.7. The topological polar surface area (TPSA) is 138 Å². The van der Waals surface area contributed by atoms with Gasteiger partial charge in [-0.3, -0.25) is 30.0 Å². The van der Waals surface area contributed by atoms with Crippen molar-refractivity contribution < 1.29 is 14.4 Å². The summed E-state index contributed by atoms with van der Waals surface area (Å²) in [5.74, 6) is -1.67. The molecule has 33 heavy (non-hydrogen) atoms. The summed E-state index contributed by atoms with van der Waals surface area (Å²) in [5.41, 5.74) is 6.09. The van der Waals surface area contributed by atoms with E-state index in [-0.39, 0.29) is 23.6 Å². The molecular weight excluding hydrogens is 424 g/mol. The maximum absolute atomic E-state index is 12.8. The minimum absolute atomic E-state index is 0.0132. The van der Waals surface area contributed by atoms with Crippen molar-refractivity contribution in [2.75, 3.05) is 0 Å². The zero-order valence-corrected chi connectivity index (χ0v) is 18.0. The number of benzene rings is 2. The molecule has 168 valence electrons. The summed E-state index contributed by atoms with van der Waals surface area (Å²) in [7, 11) is 1.44. The molecule has 0 fully saturated rings. The van der Waals surface area contributed by atoms with E-state index in [2.05, 4.69) is 26.3 Å². The molecule has 2 aromatic heterocycles. The molecule has 0 saturated carbocycles. The highest BCUT2D eigenvalue weighted by molar-refractivity contribution is 6.05. The third-order valence-corrected chi connectivity index (χ3v) is 5.26. The lowest BCUT2D eigenvalue weighted by Gasteiger charge is -2.18. The van der Waals surface area contributed by atoms with Gasteiger partial charge < -0.3 is 10.3 Å². The van der Waals surface area contributed by atoms with E-state index in [1.54, 1.807) is 30.5 Å². The lowest BCUT2D eigenvalue weighted by molar-refractivity contribution is -0.128. The number of rotatable bonds is 5. The van der Waals surface area contributed by atoms with Crippen LogP contribution in [-0.4, -0.2) is 38.5 Å². The number of hydrogen-bond donors (Lipinski definition) is 4. The van der Waals surface area contributed by atoms with E-state index < -0.39 is 17.9 Å². The summed E-state index contributed by atoms with van der Waals surface area (Å²) in [5, 5.41) is 8.29. The number of fused-ring (bicyclic) bond motifs is 2. The minimum atomic E-state index is -0.924. The molecule has 0 aliphatic carbocycles. The van der Waals surface area contributed by atoms with Gasteiger partial charge in [-0.2, -0.15) is 5.10 Å². The molecule has 1 unspecified atom stereocenters. The van der Waals surface area contributed by atoms with Crippen LogP contribution in [0.4, 0.5) is 0 Å². The highest BCUT2D eigenvalue weighted by atomic mass is 16.2. The molecule has 4 aromatic rings. The Kier molecular flexibility index (Phi) is 5.90. The number of carbonyl (C=O) groups excluding carboxylic acids is 3. The third kappa shape index (κ3) is 4.45. The number of amides is 3. The third-order valence-electron chi connectivity index (χ3n) is 5.26. The van der Waals surface area contributed by atoms with Crippen LogP contribution in [0.15, 0.2) is 59.5 Å². The molecule has 0 saturated heterocycles. The van der Waals surface area contributed by atoms with Gasteiger partial charge in [0.2, 0.25) is 5.91 Å². The molecule has 2 heterocycles. The van der Waals surface area contributed by atoms with Crippen molar-refractivity contribution >= 4 is 39.4 Å². The number of para-hydroxylation sites is 1. The number of carbonyl (C=O) groups is 3. The zero-order valence-electron chi connectivity index (χ0n) is 18.0. The van der Waals surface area contributed by atoms with Crippen molar-refractivity contribution in [3.05, 3.63) is 76.3 Å². The summed E-state index contributed by atoms with van der Waals surface area (Å²) < 4.78 is 1.07. The van der Waals surface area contributed by atoms with Gasteiger partial charge in [0, 0.05) is 42.9 Å². The molecule has 0 spiro atoms. The Hall–Kier alpha value is -4.47. The lowest BCUT2D eigenvalue weighted by atomic mass is 10.0. The number of nitrogens with zero attached hydrogens (tertiary/aromatic N) is 2. The van der Waals surface area contributed by atoms with E-state index in [0.29, 0.717) is 10.8 Å². The molecule has 10 nitrogen and oxygen atoms in total. The fraction of sp³-hybridized carbons (Fsp3) is 0.174. The first-order valence-electron chi connectivity index (χ1n) is 10.2. The maximum Gasteiger partial charge on any atom is 0.290 e. The van der Waals surface area contributed by atoms with Crippen molar-refractivity contribution in [1.29, 1.82) is 0 Å². The Morgan fingerprint density at radius 2 is 1.67 bits per heavy atom. The van der Waals surface area contributed by atoms with Crippen LogP contribution in [-0.2, 0) is 23.1 Å². The molecule has 0 aliphatic rings. The Morgan fingerprint density at radius 1 is 1.00 bits per heavy atom. The largest absolute Gasteiger partial charge is 0.361 e. The number of H-pyrrole nitrogens is 1. The van der Waals surface area contributed by atoms with Gasteiger partial charge in [-0.05, 0) is 17.7 Å². The summed E-state index contributed by atoms with van der Waals surface area (Å²) >= 11 is 0. The molecule has 2 aromatic carbocycles. The first-order chi connectivity index (χ1) is 15.8.